The number of hydrogen-bond donors (Lipinski definition) is 3. The molecule has 0 aromatic heterocycles. The maximum atomic E-state index is 11.6. The molecule has 0 aliphatic rings. The van der Waals surface area contributed by atoms with Gasteiger partial charge in [0.25, 0.3) is 0 Å². The van der Waals surface area contributed by atoms with E-state index < -0.39 is 18.1 Å². The summed E-state index contributed by atoms with van der Waals surface area (Å²) in [6, 6.07) is 5.66. The molecule has 1 aromatic carbocycles. The van der Waals surface area contributed by atoms with Crippen LogP contribution < -0.4 is 10.6 Å². The van der Waals surface area contributed by atoms with Crippen LogP contribution in [0.5, 0.6) is 0 Å². The van der Waals surface area contributed by atoms with Crippen molar-refractivity contribution in [3.05, 3.63) is 28.8 Å². The van der Waals surface area contributed by atoms with E-state index in [2.05, 4.69) is 15.4 Å². The first-order chi connectivity index (χ1) is 9.47. The van der Waals surface area contributed by atoms with Crippen LogP contribution >= 0.6 is 11.6 Å². The van der Waals surface area contributed by atoms with Crippen LogP contribution in [0.1, 0.15) is 5.56 Å². The number of nitriles is 1. The maximum absolute atomic E-state index is 11.6. The number of halogens is 1. The Balaban J connectivity index is 2.63. The maximum Gasteiger partial charge on any atom is 0.334 e. The zero-order valence-corrected chi connectivity index (χ0v) is 11.3. The molecule has 106 valence electrons. The van der Waals surface area contributed by atoms with Crippen LogP contribution in [0.4, 0.5) is 10.5 Å². The molecule has 0 radical (unpaired) electrons. The average Bonchev–Trinajstić information content (AvgIpc) is 2.41. The van der Waals surface area contributed by atoms with Crippen LogP contribution in [0.2, 0.25) is 5.02 Å². The second-order valence-electron chi connectivity index (χ2n) is 3.70. The largest absolute Gasteiger partial charge is 0.479 e. The van der Waals surface area contributed by atoms with Crippen molar-refractivity contribution in [1.82, 2.24) is 5.32 Å². The summed E-state index contributed by atoms with van der Waals surface area (Å²) in [5.41, 5.74) is 0.595. The highest BCUT2D eigenvalue weighted by Crippen LogP contribution is 2.22. The highest BCUT2D eigenvalue weighted by atomic mass is 35.5. The molecule has 8 heteroatoms. The molecule has 3 N–H and O–H groups in total. The number of urea groups is 1. The molecule has 0 aliphatic carbocycles. The Kier molecular flexibility index (Phi) is 5.77. The van der Waals surface area contributed by atoms with Crippen molar-refractivity contribution in [3.8, 4) is 6.07 Å². The van der Waals surface area contributed by atoms with E-state index in [0.717, 1.165) is 0 Å². The molecule has 0 heterocycles. The van der Waals surface area contributed by atoms with Gasteiger partial charge in [0.15, 0.2) is 6.10 Å². The fourth-order valence-electron chi connectivity index (χ4n) is 1.31. The average molecular weight is 298 g/mol. The van der Waals surface area contributed by atoms with E-state index in [9.17, 15) is 9.59 Å². The number of nitrogens with one attached hydrogen (secondary N) is 2. The summed E-state index contributed by atoms with van der Waals surface area (Å²) < 4.78 is 4.66. The standard InChI is InChI=1S/C12H12ClN3O4/c1-20-10(11(17)18)6-15-12(19)16-9-4-7(5-14)2-3-8(9)13/h2-4,10H,6H2,1H3,(H,17,18)(H2,15,16,19). The Morgan fingerprint density at radius 1 is 1.55 bits per heavy atom. The van der Waals surface area contributed by atoms with Gasteiger partial charge in [-0.05, 0) is 18.2 Å². The number of carboxylic acids is 1. The third kappa shape index (κ3) is 4.42. The summed E-state index contributed by atoms with van der Waals surface area (Å²) in [5.74, 6) is -1.18. The number of aliphatic carboxylic acids is 1. The molecular weight excluding hydrogens is 286 g/mol. The topological polar surface area (TPSA) is 111 Å². The lowest BCUT2D eigenvalue weighted by Crippen LogP contribution is -2.39. The Bertz CT molecular complexity index is 556. The van der Waals surface area contributed by atoms with Crippen LogP contribution in [0.25, 0.3) is 0 Å². The minimum atomic E-state index is -1.18. The van der Waals surface area contributed by atoms with Gasteiger partial charge >= 0.3 is 12.0 Å². The minimum Gasteiger partial charge on any atom is -0.479 e. The molecule has 0 bridgehead atoms. The van der Waals surface area contributed by atoms with Gasteiger partial charge in [-0.3, -0.25) is 0 Å². The van der Waals surface area contributed by atoms with Crippen LogP contribution in [0.15, 0.2) is 18.2 Å². The monoisotopic (exact) mass is 297 g/mol. The van der Waals surface area contributed by atoms with Crippen LogP contribution in [0.3, 0.4) is 0 Å². The number of ether oxygens (including phenoxy) is 1. The van der Waals surface area contributed by atoms with Crippen molar-refractivity contribution in [2.45, 2.75) is 6.10 Å². The second-order valence-corrected chi connectivity index (χ2v) is 4.11. The number of amides is 2. The van der Waals surface area contributed by atoms with Crippen LogP contribution in [-0.4, -0.2) is 36.9 Å². The molecule has 2 amide bonds. The number of rotatable bonds is 5. The van der Waals surface area contributed by atoms with Gasteiger partial charge < -0.3 is 20.5 Å². The highest BCUT2D eigenvalue weighted by Gasteiger charge is 2.17. The fraction of sp³-hybridized carbons (Fsp3) is 0.250. The summed E-state index contributed by atoms with van der Waals surface area (Å²) in [4.78, 5) is 22.3. The van der Waals surface area contributed by atoms with Gasteiger partial charge in [0.2, 0.25) is 0 Å². The SMILES string of the molecule is COC(CNC(=O)Nc1cc(C#N)ccc1Cl)C(=O)O. The van der Waals surface area contributed by atoms with E-state index in [1.165, 1.54) is 25.3 Å². The summed E-state index contributed by atoms with van der Waals surface area (Å²) in [6.07, 6.45) is -1.14. The number of benzene rings is 1. The number of anilines is 1. The van der Waals surface area contributed by atoms with Gasteiger partial charge in [0.1, 0.15) is 0 Å². The molecular formula is C12H12ClN3O4. The highest BCUT2D eigenvalue weighted by molar-refractivity contribution is 6.33. The predicted octanol–water partition coefficient (Wildman–Crippen LogP) is 1.43. The van der Waals surface area contributed by atoms with E-state index in [1.807, 2.05) is 6.07 Å². The van der Waals surface area contributed by atoms with Crippen molar-refractivity contribution >= 4 is 29.3 Å². The molecule has 0 aliphatic heterocycles. The van der Waals surface area contributed by atoms with Crippen molar-refractivity contribution in [2.75, 3.05) is 19.0 Å². The molecule has 1 atom stereocenters. The summed E-state index contributed by atoms with van der Waals surface area (Å²) >= 11 is 5.87. The molecule has 1 rings (SSSR count). The van der Waals surface area contributed by atoms with Crippen LogP contribution in [0, 0.1) is 11.3 Å². The van der Waals surface area contributed by atoms with Crippen molar-refractivity contribution in [2.24, 2.45) is 0 Å². The first-order valence-corrected chi connectivity index (χ1v) is 5.85. The lowest BCUT2D eigenvalue weighted by atomic mass is 10.2. The number of methoxy groups -OCH3 is 1. The fourth-order valence-corrected chi connectivity index (χ4v) is 1.48. The molecule has 7 nitrogen and oxygen atoms in total. The Labute approximate surface area is 120 Å². The summed E-state index contributed by atoms with van der Waals surface area (Å²) in [7, 11) is 1.23. The number of nitrogens with zero attached hydrogens (tertiary/aromatic N) is 1. The number of carboxylic acid groups (broad SMARTS) is 1. The lowest BCUT2D eigenvalue weighted by molar-refractivity contribution is -0.147. The number of carbonyl (C=O) groups is 2. The van der Waals surface area contributed by atoms with Gasteiger partial charge in [-0.2, -0.15) is 5.26 Å². The first-order valence-electron chi connectivity index (χ1n) is 5.48. The van der Waals surface area contributed by atoms with E-state index in [0.29, 0.717) is 5.56 Å². The third-order valence-electron chi connectivity index (χ3n) is 2.35. The molecule has 0 saturated heterocycles. The lowest BCUT2D eigenvalue weighted by Gasteiger charge is -2.13. The van der Waals surface area contributed by atoms with Crippen LogP contribution in [-0.2, 0) is 9.53 Å². The Hall–Kier alpha value is -2.30. The normalized spacial score (nSPS) is 11.2. The van der Waals surface area contributed by atoms with Gasteiger partial charge in [0.05, 0.1) is 28.9 Å². The van der Waals surface area contributed by atoms with E-state index in [1.54, 1.807) is 0 Å². The molecule has 1 unspecified atom stereocenters. The van der Waals surface area contributed by atoms with E-state index in [-0.39, 0.29) is 17.3 Å². The van der Waals surface area contributed by atoms with Crippen molar-refractivity contribution in [3.63, 3.8) is 0 Å². The predicted molar refractivity (Wildman–Crippen MR) is 71.6 cm³/mol. The van der Waals surface area contributed by atoms with Gasteiger partial charge in [-0.15, -0.1) is 0 Å². The van der Waals surface area contributed by atoms with Gasteiger partial charge in [-0.25, -0.2) is 9.59 Å². The first kappa shape index (κ1) is 15.8. The Morgan fingerprint density at radius 3 is 2.80 bits per heavy atom. The van der Waals surface area contributed by atoms with E-state index in [4.69, 9.17) is 22.0 Å². The number of hydrogen-bond acceptors (Lipinski definition) is 4. The molecule has 0 saturated carbocycles. The summed E-state index contributed by atoms with van der Waals surface area (Å²) in [5, 5.41) is 22.5. The molecule has 0 spiro atoms. The quantitative estimate of drug-likeness (QED) is 0.761. The van der Waals surface area contributed by atoms with Crippen molar-refractivity contribution in [1.29, 1.82) is 5.26 Å². The molecule has 0 fully saturated rings. The van der Waals surface area contributed by atoms with E-state index >= 15 is 0 Å². The summed E-state index contributed by atoms with van der Waals surface area (Å²) in [6.45, 7) is -0.201. The van der Waals surface area contributed by atoms with Gasteiger partial charge in [0, 0.05) is 7.11 Å². The zero-order valence-electron chi connectivity index (χ0n) is 10.5. The van der Waals surface area contributed by atoms with Gasteiger partial charge in [-0.1, -0.05) is 11.6 Å². The third-order valence-corrected chi connectivity index (χ3v) is 2.68. The van der Waals surface area contributed by atoms with Crippen molar-refractivity contribution < 1.29 is 19.4 Å². The molecule has 20 heavy (non-hydrogen) atoms. The smallest absolute Gasteiger partial charge is 0.334 e. The zero-order chi connectivity index (χ0) is 15.1. The minimum absolute atomic E-state index is 0.201. The Morgan fingerprint density at radius 2 is 2.25 bits per heavy atom. The number of carbonyl (C=O) groups excluding carboxylic acids is 1. The molecule has 1 aromatic rings. The second kappa shape index (κ2) is 7.33.